The van der Waals surface area contributed by atoms with Crippen LogP contribution in [-0.2, 0) is 6.54 Å². The number of benzene rings is 2. The van der Waals surface area contributed by atoms with E-state index >= 15 is 0 Å². The fraction of sp³-hybridized carbons (Fsp3) is 0.300. The normalized spacial score (nSPS) is 13.0. The summed E-state index contributed by atoms with van der Waals surface area (Å²) in [6.45, 7) is -2.86. The van der Waals surface area contributed by atoms with Gasteiger partial charge in [0, 0.05) is 23.8 Å². The predicted octanol–water partition coefficient (Wildman–Crippen LogP) is 3.51. The van der Waals surface area contributed by atoms with Gasteiger partial charge in [-0.3, -0.25) is 4.79 Å². The standard InChI is InChI=1S/C20H21F2N3O4/c1-28-16-9-2-12(10-17(16)29-19(21)22)11-23-18(26)13-3-5-14(6-4-13)24-20(27)25-15-7-8-15/h2-6,9-10,15,19H,7-8,11H2,1H3,(H,23,26)(H2,24,25,27). The second-order valence-electron chi connectivity index (χ2n) is 6.50. The Morgan fingerprint density at radius 3 is 2.45 bits per heavy atom. The fourth-order valence-corrected chi connectivity index (χ4v) is 2.59. The lowest BCUT2D eigenvalue weighted by Crippen LogP contribution is -2.30. The van der Waals surface area contributed by atoms with Crippen LogP contribution in [0.1, 0.15) is 28.8 Å². The highest BCUT2D eigenvalue weighted by atomic mass is 19.3. The van der Waals surface area contributed by atoms with Gasteiger partial charge in [-0.15, -0.1) is 0 Å². The zero-order chi connectivity index (χ0) is 20.8. The van der Waals surface area contributed by atoms with E-state index in [1.807, 2.05) is 0 Å². The van der Waals surface area contributed by atoms with Crippen LogP contribution in [0.25, 0.3) is 0 Å². The van der Waals surface area contributed by atoms with E-state index in [0.717, 1.165) is 12.8 Å². The molecule has 2 aromatic rings. The summed E-state index contributed by atoms with van der Waals surface area (Å²) in [5.74, 6) is -0.269. The van der Waals surface area contributed by atoms with Crippen LogP contribution in [0.2, 0.25) is 0 Å². The molecule has 1 fully saturated rings. The monoisotopic (exact) mass is 405 g/mol. The van der Waals surface area contributed by atoms with E-state index in [1.54, 1.807) is 30.3 Å². The smallest absolute Gasteiger partial charge is 0.387 e. The zero-order valence-corrected chi connectivity index (χ0v) is 15.7. The molecule has 29 heavy (non-hydrogen) atoms. The molecule has 0 bridgehead atoms. The lowest BCUT2D eigenvalue weighted by atomic mass is 10.1. The molecule has 1 saturated carbocycles. The van der Waals surface area contributed by atoms with Gasteiger partial charge in [-0.05, 0) is 54.8 Å². The Morgan fingerprint density at radius 2 is 1.83 bits per heavy atom. The molecule has 0 radical (unpaired) electrons. The quantitative estimate of drug-likeness (QED) is 0.627. The number of urea groups is 1. The van der Waals surface area contributed by atoms with Crippen molar-refractivity contribution in [2.45, 2.75) is 32.0 Å². The number of rotatable bonds is 8. The molecule has 0 unspecified atom stereocenters. The molecule has 3 N–H and O–H groups in total. The molecule has 3 amide bonds. The molecular formula is C20H21F2N3O4. The summed E-state index contributed by atoms with van der Waals surface area (Å²) in [4.78, 5) is 24.0. The number of amides is 3. The van der Waals surface area contributed by atoms with Crippen LogP contribution < -0.4 is 25.4 Å². The summed E-state index contributed by atoms with van der Waals surface area (Å²) in [7, 11) is 1.35. The molecule has 9 heteroatoms. The Balaban J connectivity index is 1.55. The number of alkyl halides is 2. The molecule has 3 rings (SSSR count). The van der Waals surface area contributed by atoms with Crippen LogP contribution in [0.15, 0.2) is 42.5 Å². The van der Waals surface area contributed by atoms with Gasteiger partial charge < -0.3 is 25.4 Å². The third-order valence-electron chi connectivity index (χ3n) is 4.21. The van der Waals surface area contributed by atoms with Gasteiger partial charge in [0.25, 0.3) is 5.91 Å². The fourth-order valence-electron chi connectivity index (χ4n) is 2.59. The number of nitrogens with one attached hydrogen (secondary N) is 3. The molecule has 0 heterocycles. The van der Waals surface area contributed by atoms with Crippen LogP contribution in [0, 0.1) is 0 Å². The third kappa shape index (κ3) is 6.06. The van der Waals surface area contributed by atoms with Crippen molar-refractivity contribution in [3.05, 3.63) is 53.6 Å². The number of hydrogen-bond acceptors (Lipinski definition) is 4. The minimum Gasteiger partial charge on any atom is -0.493 e. The van der Waals surface area contributed by atoms with Gasteiger partial charge in [-0.25, -0.2) is 4.79 Å². The number of hydrogen-bond donors (Lipinski definition) is 3. The zero-order valence-electron chi connectivity index (χ0n) is 15.7. The largest absolute Gasteiger partial charge is 0.493 e. The Kier molecular flexibility index (Phi) is 6.48. The van der Waals surface area contributed by atoms with Gasteiger partial charge >= 0.3 is 12.6 Å². The van der Waals surface area contributed by atoms with E-state index < -0.39 is 6.61 Å². The molecule has 0 aromatic heterocycles. The molecule has 0 saturated heterocycles. The van der Waals surface area contributed by atoms with Crippen LogP contribution in [-0.4, -0.2) is 31.7 Å². The predicted molar refractivity (Wildman–Crippen MR) is 102 cm³/mol. The van der Waals surface area contributed by atoms with Crippen molar-refractivity contribution in [3.63, 3.8) is 0 Å². The molecule has 0 atom stereocenters. The van der Waals surface area contributed by atoms with Gasteiger partial charge in [-0.1, -0.05) is 6.07 Å². The second kappa shape index (κ2) is 9.22. The van der Waals surface area contributed by atoms with E-state index in [1.165, 1.54) is 19.2 Å². The molecular weight excluding hydrogens is 384 g/mol. The Hall–Kier alpha value is -3.36. The molecule has 7 nitrogen and oxygen atoms in total. The molecule has 2 aromatic carbocycles. The Labute approximate surface area is 166 Å². The highest BCUT2D eigenvalue weighted by molar-refractivity contribution is 5.95. The van der Waals surface area contributed by atoms with E-state index in [-0.39, 0.29) is 36.0 Å². The number of methoxy groups -OCH3 is 1. The minimum atomic E-state index is -2.98. The topological polar surface area (TPSA) is 88.7 Å². The van der Waals surface area contributed by atoms with Crippen molar-refractivity contribution in [3.8, 4) is 11.5 Å². The molecule has 1 aliphatic carbocycles. The lowest BCUT2D eigenvalue weighted by molar-refractivity contribution is -0.0512. The summed E-state index contributed by atoms with van der Waals surface area (Å²) in [6.07, 6.45) is 1.99. The summed E-state index contributed by atoms with van der Waals surface area (Å²) in [5, 5.41) is 8.21. The van der Waals surface area contributed by atoms with Crippen molar-refractivity contribution < 1.29 is 27.8 Å². The van der Waals surface area contributed by atoms with Gasteiger partial charge in [0.05, 0.1) is 7.11 Å². The first-order chi connectivity index (χ1) is 13.9. The van der Waals surface area contributed by atoms with E-state index in [2.05, 4.69) is 20.7 Å². The number of ether oxygens (including phenoxy) is 2. The van der Waals surface area contributed by atoms with E-state index in [0.29, 0.717) is 16.8 Å². The van der Waals surface area contributed by atoms with Gasteiger partial charge in [-0.2, -0.15) is 8.78 Å². The molecule has 0 aliphatic heterocycles. The summed E-state index contributed by atoms with van der Waals surface area (Å²) < 4.78 is 34.4. The Bertz CT molecular complexity index is 871. The summed E-state index contributed by atoms with van der Waals surface area (Å²) >= 11 is 0. The maximum Gasteiger partial charge on any atom is 0.387 e. The van der Waals surface area contributed by atoms with Crippen molar-refractivity contribution in [1.82, 2.24) is 10.6 Å². The van der Waals surface area contributed by atoms with Crippen LogP contribution in [0.5, 0.6) is 11.5 Å². The highest BCUT2D eigenvalue weighted by Crippen LogP contribution is 2.29. The van der Waals surface area contributed by atoms with Crippen LogP contribution >= 0.6 is 0 Å². The van der Waals surface area contributed by atoms with Gasteiger partial charge in [0.15, 0.2) is 11.5 Å². The van der Waals surface area contributed by atoms with E-state index in [9.17, 15) is 18.4 Å². The average molecular weight is 405 g/mol. The molecule has 154 valence electrons. The molecule has 0 spiro atoms. The Morgan fingerprint density at radius 1 is 1.10 bits per heavy atom. The SMILES string of the molecule is COc1ccc(CNC(=O)c2ccc(NC(=O)NC3CC3)cc2)cc1OC(F)F. The number of halogens is 2. The third-order valence-corrected chi connectivity index (χ3v) is 4.21. The lowest BCUT2D eigenvalue weighted by Gasteiger charge is -2.12. The van der Waals surface area contributed by atoms with Crippen LogP contribution in [0.4, 0.5) is 19.3 Å². The van der Waals surface area contributed by atoms with Crippen molar-refractivity contribution >= 4 is 17.6 Å². The highest BCUT2D eigenvalue weighted by Gasteiger charge is 2.23. The van der Waals surface area contributed by atoms with Gasteiger partial charge in [0.1, 0.15) is 0 Å². The van der Waals surface area contributed by atoms with Crippen molar-refractivity contribution in [2.24, 2.45) is 0 Å². The second-order valence-corrected chi connectivity index (χ2v) is 6.50. The number of carbonyl (C=O) groups excluding carboxylic acids is 2. The maximum absolute atomic E-state index is 12.5. The summed E-state index contributed by atoms with van der Waals surface area (Å²) in [5.41, 5.74) is 1.55. The summed E-state index contributed by atoms with van der Waals surface area (Å²) in [6, 6.07) is 10.9. The first-order valence-corrected chi connectivity index (χ1v) is 9.02. The first kappa shape index (κ1) is 20.4. The van der Waals surface area contributed by atoms with Crippen LogP contribution in [0.3, 0.4) is 0 Å². The minimum absolute atomic E-state index is 0.103. The maximum atomic E-state index is 12.5. The van der Waals surface area contributed by atoms with Gasteiger partial charge in [0.2, 0.25) is 0 Å². The van der Waals surface area contributed by atoms with Crippen molar-refractivity contribution in [2.75, 3.05) is 12.4 Å². The number of anilines is 1. The molecule has 1 aliphatic rings. The number of carbonyl (C=O) groups is 2. The average Bonchev–Trinajstić information content (AvgIpc) is 3.50. The van der Waals surface area contributed by atoms with E-state index in [4.69, 9.17) is 4.74 Å². The van der Waals surface area contributed by atoms with Crippen molar-refractivity contribution in [1.29, 1.82) is 0 Å². The first-order valence-electron chi connectivity index (χ1n) is 9.02.